The maximum Gasteiger partial charge on any atom is 0.319 e. The zero-order chi connectivity index (χ0) is 13.5. The molecule has 1 rings (SSSR count). The molecule has 1 atom stereocenters. The van der Waals surface area contributed by atoms with Gasteiger partial charge in [-0.2, -0.15) is 5.26 Å². The number of Topliss-reactive ketones (excluding diaryl/α,β-unsaturated/α-hetero) is 1. The Labute approximate surface area is 106 Å². The Morgan fingerprint density at radius 2 is 2.17 bits per heavy atom. The van der Waals surface area contributed by atoms with Gasteiger partial charge in [0.2, 0.25) is 0 Å². The van der Waals surface area contributed by atoms with Gasteiger partial charge in [-0.15, -0.1) is 0 Å². The minimum absolute atomic E-state index is 0.0582. The number of anilines is 1. The van der Waals surface area contributed by atoms with E-state index in [0.717, 1.165) is 0 Å². The second-order valence-corrected chi connectivity index (χ2v) is 4.00. The summed E-state index contributed by atoms with van der Waals surface area (Å²) in [5.74, 6) is -0.295. The number of benzene rings is 1. The van der Waals surface area contributed by atoms with E-state index in [1.54, 1.807) is 31.2 Å². The number of urea groups is 1. The number of nitrogens with one attached hydrogen (secondary N) is 2. The highest BCUT2D eigenvalue weighted by Crippen LogP contribution is 2.10. The molecule has 0 radical (unpaired) electrons. The fourth-order valence-corrected chi connectivity index (χ4v) is 1.28. The fraction of sp³-hybridized carbons (Fsp3) is 0.308. The second kappa shape index (κ2) is 6.40. The molecule has 5 nitrogen and oxygen atoms in total. The molecule has 0 spiro atoms. The average molecular weight is 245 g/mol. The lowest BCUT2D eigenvalue weighted by molar-refractivity contribution is 0.101. The Morgan fingerprint density at radius 3 is 2.78 bits per heavy atom. The van der Waals surface area contributed by atoms with Gasteiger partial charge in [0.15, 0.2) is 5.78 Å². The van der Waals surface area contributed by atoms with Crippen LogP contribution in [0.2, 0.25) is 0 Å². The third-order valence-corrected chi connectivity index (χ3v) is 2.32. The summed E-state index contributed by atoms with van der Waals surface area (Å²) in [6.45, 7) is 3.47. The van der Waals surface area contributed by atoms with E-state index in [0.29, 0.717) is 11.3 Å². The largest absolute Gasteiger partial charge is 0.337 e. The molecule has 0 heterocycles. The van der Waals surface area contributed by atoms with E-state index in [2.05, 4.69) is 10.6 Å². The molecule has 0 aliphatic rings. The maximum absolute atomic E-state index is 11.5. The summed E-state index contributed by atoms with van der Waals surface area (Å²) < 4.78 is 0. The Hall–Kier alpha value is -2.35. The van der Waals surface area contributed by atoms with Crippen LogP contribution in [0.25, 0.3) is 0 Å². The molecule has 5 heteroatoms. The van der Waals surface area contributed by atoms with Crippen LogP contribution in [-0.4, -0.2) is 18.4 Å². The number of carbonyl (C=O) groups excluding carboxylic acids is 2. The van der Waals surface area contributed by atoms with Crippen LogP contribution in [0.1, 0.15) is 24.2 Å². The van der Waals surface area contributed by atoms with Gasteiger partial charge in [-0.25, -0.2) is 4.79 Å². The summed E-state index contributed by atoms with van der Waals surface area (Å²) in [5, 5.41) is 13.8. The summed E-state index contributed by atoms with van der Waals surface area (Å²) in [6.07, 6.45) is 0. The molecule has 2 amide bonds. The molecule has 2 N–H and O–H groups in total. The Morgan fingerprint density at radius 1 is 1.44 bits per heavy atom. The highest BCUT2D eigenvalue weighted by molar-refractivity contribution is 5.96. The van der Waals surface area contributed by atoms with Gasteiger partial charge in [0, 0.05) is 17.8 Å². The molecule has 0 aliphatic carbocycles. The molecule has 0 saturated carbocycles. The zero-order valence-corrected chi connectivity index (χ0v) is 10.4. The minimum Gasteiger partial charge on any atom is -0.337 e. The summed E-state index contributed by atoms with van der Waals surface area (Å²) in [5.41, 5.74) is 1.09. The van der Waals surface area contributed by atoms with Crippen molar-refractivity contribution >= 4 is 17.5 Å². The van der Waals surface area contributed by atoms with Crippen molar-refractivity contribution in [3.05, 3.63) is 29.8 Å². The van der Waals surface area contributed by atoms with Crippen LogP contribution in [0.15, 0.2) is 24.3 Å². The van der Waals surface area contributed by atoms with E-state index in [1.807, 2.05) is 6.07 Å². The first-order chi connectivity index (χ1) is 8.52. The molecule has 0 aromatic heterocycles. The van der Waals surface area contributed by atoms with Crippen LogP contribution in [0.4, 0.5) is 10.5 Å². The summed E-state index contributed by atoms with van der Waals surface area (Å²) >= 11 is 0. The predicted molar refractivity (Wildman–Crippen MR) is 68.2 cm³/mol. The molecule has 0 bridgehead atoms. The number of amides is 2. The van der Waals surface area contributed by atoms with Crippen molar-refractivity contribution in [2.45, 2.75) is 13.8 Å². The van der Waals surface area contributed by atoms with E-state index in [1.165, 1.54) is 6.92 Å². The van der Waals surface area contributed by atoms with Gasteiger partial charge in [0.25, 0.3) is 0 Å². The van der Waals surface area contributed by atoms with E-state index in [9.17, 15) is 9.59 Å². The monoisotopic (exact) mass is 245 g/mol. The van der Waals surface area contributed by atoms with Crippen LogP contribution < -0.4 is 10.6 Å². The van der Waals surface area contributed by atoms with Crippen LogP contribution >= 0.6 is 0 Å². The third kappa shape index (κ3) is 4.26. The Kier molecular flexibility index (Phi) is 4.88. The van der Waals surface area contributed by atoms with Crippen molar-refractivity contribution in [3.63, 3.8) is 0 Å². The lowest BCUT2D eigenvalue weighted by atomic mass is 10.1. The quantitative estimate of drug-likeness (QED) is 0.797. The minimum atomic E-state index is -0.391. The molecular formula is C13H15N3O2. The summed E-state index contributed by atoms with van der Waals surface area (Å²) in [6, 6.07) is 8.31. The molecule has 94 valence electrons. The molecule has 1 aromatic rings. The fourth-order valence-electron chi connectivity index (χ4n) is 1.28. The highest BCUT2D eigenvalue weighted by atomic mass is 16.2. The molecule has 18 heavy (non-hydrogen) atoms. The second-order valence-electron chi connectivity index (χ2n) is 4.00. The molecule has 1 unspecified atom stereocenters. The number of ketones is 1. The highest BCUT2D eigenvalue weighted by Gasteiger charge is 2.06. The van der Waals surface area contributed by atoms with Crippen molar-refractivity contribution < 1.29 is 9.59 Å². The first-order valence-corrected chi connectivity index (χ1v) is 5.58. The van der Waals surface area contributed by atoms with Crippen LogP contribution in [0, 0.1) is 17.2 Å². The van der Waals surface area contributed by atoms with E-state index < -0.39 is 6.03 Å². The smallest absolute Gasteiger partial charge is 0.319 e. The lowest BCUT2D eigenvalue weighted by Gasteiger charge is -2.08. The number of hydrogen-bond donors (Lipinski definition) is 2. The van der Waals surface area contributed by atoms with Gasteiger partial charge in [0.1, 0.15) is 0 Å². The topological polar surface area (TPSA) is 82.0 Å². The maximum atomic E-state index is 11.5. The van der Waals surface area contributed by atoms with Crippen LogP contribution in [0.3, 0.4) is 0 Å². The number of nitriles is 1. The van der Waals surface area contributed by atoms with Crippen molar-refractivity contribution in [2.75, 3.05) is 11.9 Å². The van der Waals surface area contributed by atoms with Crippen molar-refractivity contribution in [2.24, 2.45) is 5.92 Å². The summed E-state index contributed by atoms with van der Waals surface area (Å²) in [4.78, 5) is 22.7. The van der Waals surface area contributed by atoms with Gasteiger partial charge in [-0.3, -0.25) is 4.79 Å². The van der Waals surface area contributed by atoms with Crippen LogP contribution in [-0.2, 0) is 0 Å². The molecule has 0 aliphatic heterocycles. The number of rotatable bonds is 4. The number of carbonyl (C=O) groups is 2. The number of hydrogen-bond acceptors (Lipinski definition) is 3. The summed E-state index contributed by atoms with van der Waals surface area (Å²) in [7, 11) is 0. The molecule has 0 saturated heterocycles. The molecular weight excluding hydrogens is 230 g/mol. The average Bonchev–Trinajstić information content (AvgIpc) is 2.36. The van der Waals surface area contributed by atoms with Gasteiger partial charge in [0.05, 0.1) is 12.0 Å². The van der Waals surface area contributed by atoms with E-state index in [4.69, 9.17) is 5.26 Å². The van der Waals surface area contributed by atoms with Gasteiger partial charge in [-0.1, -0.05) is 12.1 Å². The lowest BCUT2D eigenvalue weighted by Crippen LogP contribution is -2.32. The van der Waals surface area contributed by atoms with Gasteiger partial charge >= 0.3 is 6.03 Å². The normalized spacial score (nSPS) is 11.2. The standard InChI is InChI=1S/C13H15N3O2/c1-9(7-14)8-15-13(18)16-12-5-3-4-11(6-12)10(2)17/h3-6,9H,8H2,1-2H3,(H2,15,16,18). The van der Waals surface area contributed by atoms with Crippen molar-refractivity contribution in [3.8, 4) is 6.07 Å². The zero-order valence-electron chi connectivity index (χ0n) is 10.4. The third-order valence-electron chi connectivity index (χ3n) is 2.32. The van der Waals surface area contributed by atoms with Gasteiger partial charge < -0.3 is 10.6 Å². The van der Waals surface area contributed by atoms with E-state index >= 15 is 0 Å². The van der Waals surface area contributed by atoms with Crippen molar-refractivity contribution in [1.82, 2.24) is 5.32 Å². The van der Waals surface area contributed by atoms with Crippen LogP contribution in [0.5, 0.6) is 0 Å². The van der Waals surface area contributed by atoms with Crippen molar-refractivity contribution in [1.29, 1.82) is 5.26 Å². The Bertz CT molecular complexity index is 491. The van der Waals surface area contributed by atoms with E-state index in [-0.39, 0.29) is 18.2 Å². The molecule has 1 aromatic carbocycles. The first kappa shape index (κ1) is 13.7. The Balaban J connectivity index is 2.57. The first-order valence-electron chi connectivity index (χ1n) is 5.58. The number of nitrogens with zero attached hydrogens (tertiary/aromatic N) is 1. The predicted octanol–water partition coefficient (Wildman–Crippen LogP) is 2.17. The van der Waals surface area contributed by atoms with Gasteiger partial charge in [-0.05, 0) is 26.0 Å². The SMILES string of the molecule is CC(=O)c1cccc(NC(=O)NCC(C)C#N)c1. The molecule has 0 fully saturated rings.